The maximum absolute atomic E-state index is 12.5. The molecule has 0 aliphatic rings. The Kier molecular flexibility index (Phi) is 11.9. The molecule has 0 atom stereocenters. The van der Waals surface area contributed by atoms with E-state index in [1.165, 1.54) is 8.61 Å². The van der Waals surface area contributed by atoms with E-state index < -0.39 is 10.2 Å². The zero-order valence-corrected chi connectivity index (χ0v) is 15.3. The third-order valence-corrected chi connectivity index (χ3v) is 4.95. The molecule has 0 aliphatic heterocycles. The Labute approximate surface area is 135 Å². The Morgan fingerprint density at radius 2 is 1.52 bits per heavy atom. The Balaban J connectivity index is 0. The Bertz CT molecular complexity index is 358. The molecular weight excluding hydrogens is 318 g/mol. The van der Waals surface area contributed by atoms with Gasteiger partial charge in [0.15, 0.2) is 0 Å². The average Bonchev–Trinajstić information content (AvgIpc) is 2.38. The highest BCUT2D eigenvalue weighted by atomic mass is 35.5. The van der Waals surface area contributed by atoms with Crippen molar-refractivity contribution < 1.29 is 17.9 Å². The van der Waals surface area contributed by atoms with Crippen LogP contribution in [0.3, 0.4) is 0 Å². The van der Waals surface area contributed by atoms with E-state index in [2.05, 4.69) is 0 Å². The maximum atomic E-state index is 12.5. The molecule has 130 valence electrons. The van der Waals surface area contributed by atoms with Crippen LogP contribution in [0.1, 0.15) is 13.8 Å². The molecule has 0 bridgehead atoms. The lowest BCUT2D eigenvalue weighted by atomic mass is 9.94. The predicted molar refractivity (Wildman–Crippen MR) is 87.0 cm³/mol. The van der Waals surface area contributed by atoms with E-state index in [-0.39, 0.29) is 17.8 Å². The molecule has 7 nitrogen and oxygen atoms in total. The van der Waals surface area contributed by atoms with Crippen LogP contribution in [-0.4, -0.2) is 77.7 Å². The fourth-order valence-electron chi connectivity index (χ4n) is 1.67. The predicted octanol–water partition coefficient (Wildman–Crippen LogP) is 0.165. The minimum atomic E-state index is -3.54. The van der Waals surface area contributed by atoms with Gasteiger partial charge >= 0.3 is 0 Å². The molecule has 0 saturated heterocycles. The third kappa shape index (κ3) is 8.29. The molecule has 0 heterocycles. The van der Waals surface area contributed by atoms with Gasteiger partial charge in [-0.1, -0.05) is 13.8 Å². The van der Waals surface area contributed by atoms with E-state index in [1.807, 2.05) is 13.8 Å². The number of halogens is 1. The molecule has 0 aliphatic carbocycles. The van der Waals surface area contributed by atoms with Gasteiger partial charge in [0.2, 0.25) is 0 Å². The number of ether oxygens (including phenoxy) is 2. The topological polar surface area (TPSA) is 85.1 Å². The van der Waals surface area contributed by atoms with Gasteiger partial charge in [-0.05, 0) is 12.0 Å². The number of hydrogen-bond donors (Lipinski definition) is 1. The second-order valence-corrected chi connectivity index (χ2v) is 7.55. The average molecular weight is 348 g/mol. The van der Waals surface area contributed by atoms with Crippen molar-refractivity contribution in [1.82, 2.24) is 8.61 Å². The van der Waals surface area contributed by atoms with Gasteiger partial charge in [0, 0.05) is 40.9 Å². The highest BCUT2D eigenvalue weighted by Crippen LogP contribution is 2.17. The van der Waals surface area contributed by atoms with Gasteiger partial charge in [-0.3, -0.25) is 0 Å². The normalized spacial score (nSPS) is 12.8. The molecule has 21 heavy (non-hydrogen) atoms. The summed E-state index contributed by atoms with van der Waals surface area (Å²) < 4.78 is 37.7. The van der Waals surface area contributed by atoms with E-state index in [9.17, 15) is 8.42 Å². The van der Waals surface area contributed by atoms with Crippen LogP contribution in [0.4, 0.5) is 0 Å². The lowest BCUT2D eigenvalue weighted by molar-refractivity contribution is 0.146. The third-order valence-electron chi connectivity index (χ3n) is 3.01. The van der Waals surface area contributed by atoms with Gasteiger partial charge < -0.3 is 15.2 Å². The van der Waals surface area contributed by atoms with Crippen LogP contribution in [0, 0.1) is 5.41 Å². The highest BCUT2D eigenvalue weighted by molar-refractivity contribution is 7.86. The molecule has 2 N–H and O–H groups in total. The van der Waals surface area contributed by atoms with Crippen LogP contribution in [0.15, 0.2) is 0 Å². The molecule has 0 aromatic rings. The standard InChI is InChI=1S/C12H29N3O4S.ClH/c1-12(2,10-13)11-14(3)20(16,17)15(6-8-18-4)7-9-19-5;/h6-11,13H2,1-5H3;1H. The quantitative estimate of drug-likeness (QED) is 0.575. The molecule has 0 rings (SSSR count). The zero-order valence-electron chi connectivity index (χ0n) is 13.7. The van der Waals surface area contributed by atoms with Crippen molar-refractivity contribution in [1.29, 1.82) is 0 Å². The number of hydrogen-bond acceptors (Lipinski definition) is 5. The fraction of sp³-hybridized carbons (Fsp3) is 1.00. The summed E-state index contributed by atoms with van der Waals surface area (Å²) in [6, 6.07) is 0. The number of nitrogens with two attached hydrogens (primary N) is 1. The summed E-state index contributed by atoms with van der Waals surface area (Å²) in [4.78, 5) is 0. The Morgan fingerprint density at radius 1 is 1.10 bits per heavy atom. The van der Waals surface area contributed by atoms with Crippen LogP contribution in [0.25, 0.3) is 0 Å². The molecule has 0 saturated carbocycles. The Morgan fingerprint density at radius 3 is 1.86 bits per heavy atom. The fourth-order valence-corrected chi connectivity index (χ4v) is 3.19. The Hall–Kier alpha value is 0.0400. The summed E-state index contributed by atoms with van der Waals surface area (Å²) >= 11 is 0. The second kappa shape index (κ2) is 10.7. The summed E-state index contributed by atoms with van der Waals surface area (Å²) in [5.74, 6) is 0. The largest absolute Gasteiger partial charge is 0.383 e. The van der Waals surface area contributed by atoms with Crippen LogP contribution in [-0.2, 0) is 19.7 Å². The van der Waals surface area contributed by atoms with Gasteiger partial charge in [0.1, 0.15) is 0 Å². The zero-order chi connectivity index (χ0) is 15.8. The van der Waals surface area contributed by atoms with Crippen molar-refractivity contribution in [3.63, 3.8) is 0 Å². The summed E-state index contributed by atoms with van der Waals surface area (Å²) in [5, 5.41) is 0. The van der Waals surface area contributed by atoms with E-state index in [1.54, 1.807) is 21.3 Å². The van der Waals surface area contributed by atoms with Crippen molar-refractivity contribution >= 4 is 22.6 Å². The first-order valence-electron chi connectivity index (χ1n) is 6.60. The van der Waals surface area contributed by atoms with Crippen LogP contribution < -0.4 is 5.73 Å². The van der Waals surface area contributed by atoms with Gasteiger partial charge in [0.05, 0.1) is 13.2 Å². The molecule has 0 unspecified atom stereocenters. The van der Waals surface area contributed by atoms with Gasteiger partial charge in [-0.25, -0.2) is 0 Å². The molecule has 9 heteroatoms. The summed E-state index contributed by atoms with van der Waals surface area (Å²) in [6.07, 6.45) is 0. The van der Waals surface area contributed by atoms with Crippen LogP contribution in [0.5, 0.6) is 0 Å². The van der Waals surface area contributed by atoms with E-state index in [4.69, 9.17) is 15.2 Å². The first-order chi connectivity index (χ1) is 9.21. The second-order valence-electron chi connectivity index (χ2n) is 5.52. The summed E-state index contributed by atoms with van der Waals surface area (Å²) in [7, 11) is 1.12. The van der Waals surface area contributed by atoms with Crippen molar-refractivity contribution in [2.45, 2.75) is 13.8 Å². The molecule has 0 spiro atoms. The molecule has 0 aromatic carbocycles. The maximum Gasteiger partial charge on any atom is 0.281 e. The highest BCUT2D eigenvalue weighted by Gasteiger charge is 2.30. The van der Waals surface area contributed by atoms with Gasteiger partial charge in [-0.15, -0.1) is 12.4 Å². The first-order valence-corrected chi connectivity index (χ1v) is 8.00. The number of methoxy groups -OCH3 is 2. The summed E-state index contributed by atoms with van der Waals surface area (Å²) in [5.41, 5.74) is 5.39. The smallest absolute Gasteiger partial charge is 0.281 e. The lowest BCUT2D eigenvalue weighted by Gasteiger charge is -2.32. The van der Waals surface area contributed by atoms with Crippen LogP contribution >= 0.6 is 12.4 Å². The first kappa shape index (κ1) is 23.3. The summed E-state index contributed by atoms with van der Waals surface area (Å²) in [6.45, 7) is 5.95. The minimum Gasteiger partial charge on any atom is -0.383 e. The van der Waals surface area contributed by atoms with Gasteiger partial charge in [0.25, 0.3) is 10.2 Å². The number of nitrogens with zero attached hydrogens (tertiary/aromatic N) is 2. The van der Waals surface area contributed by atoms with E-state index in [0.29, 0.717) is 39.4 Å². The van der Waals surface area contributed by atoms with Gasteiger partial charge in [-0.2, -0.15) is 17.0 Å². The van der Waals surface area contributed by atoms with Crippen molar-refractivity contribution in [2.24, 2.45) is 11.1 Å². The van der Waals surface area contributed by atoms with E-state index in [0.717, 1.165) is 0 Å². The minimum absolute atomic E-state index is 0. The molecule has 0 fully saturated rings. The lowest BCUT2D eigenvalue weighted by Crippen LogP contribution is -2.48. The van der Waals surface area contributed by atoms with Crippen molar-refractivity contribution in [3.8, 4) is 0 Å². The van der Waals surface area contributed by atoms with Crippen molar-refractivity contribution in [3.05, 3.63) is 0 Å². The molecule has 0 amide bonds. The SMILES string of the molecule is COCCN(CCOC)S(=O)(=O)N(C)CC(C)(C)CN.Cl. The van der Waals surface area contributed by atoms with E-state index >= 15 is 0 Å². The van der Waals surface area contributed by atoms with Crippen molar-refractivity contribution in [2.75, 3.05) is 60.7 Å². The molecular formula is C12H30ClN3O4S. The molecule has 0 radical (unpaired) electrons. The number of rotatable bonds is 11. The molecule has 0 aromatic heterocycles. The van der Waals surface area contributed by atoms with Crippen LogP contribution in [0.2, 0.25) is 0 Å². The monoisotopic (exact) mass is 347 g/mol.